The number of anilines is 2. The van der Waals surface area contributed by atoms with Crippen LogP contribution in [-0.4, -0.2) is 78.4 Å². The Morgan fingerprint density at radius 2 is 1.92 bits per heavy atom. The maximum Gasteiger partial charge on any atom is 0.320 e. The number of benzene rings is 2. The molecule has 38 heavy (non-hydrogen) atoms. The average molecular weight is 544 g/mol. The Kier molecular flexibility index (Phi) is 7.99. The lowest BCUT2D eigenvalue weighted by Crippen LogP contribution is -2.51. The number of nitrogens with one attached hydrogen (secondary N) is 1. The van der Waals surface area contributed by atoms with E-state index in [1.54, 1.807) is 25.3 Å². The van der Waals surface area contributed by atoms with E-state index in [0.717, 1.165) is 25.7 Å². The molecule has 2 fully saturated rings. The lowest BCUT2D eigenvalue weighted by atomic mass is 9.92. The van der Waals surface area contributed by atoms with Gasteiger partial charge < -0.3 is 29.3 Å². The minimum absolute atomic E-state index is 0.0203. The number of rotatable bonds is 6. The van der Waals surface area contributed by atoms with Crippen molar-refractivity contribution >= 4 is 40.0 Å². The first-order valence-electron chi connectivity index (χ1n) is 12.7. The van der Waals surface area contributed by atoms with Crippen LogP contribution in [0.15, 0.2) is 36.7 Å². The van der Waals surface area contributed by atoms with Gasteiger partial charge >= 0.3 is 6.03 Å². The molecular formula is C27H31ClFN5O4. The Hall–Kier alpha value is -3.37. The molecule has 1 aliphatic heterocycles. The van der Waals surface area contributed by atoms with Crippen LogP contribution in [0.4, 0.5) is 20.7 Å². The summed E-state index contributed by atoms with van der Waals surface area (Å²) in [5.41, 5.74) is 0.839. The number of hydrogen-bond acceptors (Lipinski definition) is 7. The van der Waals surface area contributed by atoms with Crippen LogP contribution in [0.2, 0.25) is 5.02 Å². The number of carbonyl (C=O) groups is 1. The van der Waals surface area contributed by atoms with E-state index in [0.29, 0.717) is 54.5 Å². The molecule has 2 heterocycles. The van der Waals surface area contributed by atoms with Crippen LogP contribution in [0, 0.1) is 5.82 Å². The van der Waals surface area contributed by atoms with Crippen LogP contribution in [0.3, 0.4) is 0 Å². The van der Waals surface area contributed by atoms with Gasteiger partial charge in [-0.15, -0.1) is 0 Å². The van der Waals surface area contributed by atoms with Crippen molar-refractivity contribution in [3.63, 3.8) is 0 Å². The van der Waals surface area contributed by atoms with Crippen molar-refractivity contribution in [2.24, 2.45) is 0 Å². The molecule has 1 aliphatic carbocycles. The number of ether oxygens (including phenoxy) is 3. The van der Waals surface area contributed by atoms with Gasteiger partial charge in [-0.1, -0.05) is 17.7 Å². The van der Waals surface area contributed by atoms with Gasteiger partial charge in [0, 0.05) is 37.6 Å². The Morgan fingerprint density at radius 1 is 1.16 bits per heavy atom. The number of morpholine rings is 1. The SMILES string of the molecule is COc1cc2ncnc(Nc3cccc(Cl)c3F)c2cc1O[C@H]1CC[C@@H](N(C)C(=O)N2CCOCC2)CC1. The van der Waals surface area contributed by atoms with E-state index in [-0.39, 0.29) is 28.9 Å². The Labute approximate surface area is 225 Å². The van der Waals surface area contributed by atoms with Crippen molar-refractivity contribution in [3.05, 3.63) is 47.5 Å². The summed E-state index contributed by atoms with van der Waals surface area (Å²) in [5.74, 6) is 0.985. The summed E-state index contributed by atoms with van der Waals surface area (Å²) in [4.78, 5) is 25.3. The zero-order valence-electron chi connectivity index (χ0n) is 21.5. The summed E-state index contributed by atoms with van der Waals surface area (Å²) in [5, 5.41) is 3.70. The van der Waals surface area contributed by atoms with Gasteiger partial charge in [-0.25, -0.2) is 19.2 Å². The Morgan fingerprint density at radius 3 is 2.66 bits per heavy atom. The summed E-state index contributed by atoms with van der Waals surface area (Å²) in [6, 6.07) is 8.57. The lowest BCUT2D eigenvalue weighted by Gasteiger charge is -2.38. The maximum atomic E-state index is 14.5. The van der Waals surface area contributed by atoms with E-state index in [1.807, 2.05) is 22.9 Å². The standard InChI is InChI=1S/C27H31ClFN5O4/c1-33(27(35)34-10-12-37-13-11-34)17-6-8-18(9-7-17)38-24-14-19-22(15-23(24)36-2)30-16-31-26(19)32-21-5-3-4-20(28)25(21)29/h3-5,14-18H,6-13H2,1-2H3,(H,30,31,32)/t17-,18+. The minimum atomic E-state index is -0.556. The number of methoxy groups -OCH3 is 1. The van der Waals surface area contributed by atoms with Crippen LogP contribution in [0.5, 0.6) is 11.5 Å². The molecule has 1 N–H and O–H groups in total. The molecule has 2 amide bonds. The van der Waals surface area contributed by atoms with E-state index >= 15 is 0 Å². The first-order chi connectivity index (χ1) is 18.4. The molecule has 2 aromatic carbocycles. The molecule has 1 saturated heterocycles. The second-order valence-corrected chi connectivity index (χ2v) is 9.92. The van der Waals surface area contributed by atoms with Crippen molar-refractivity contribution in [2.45, 2.75) is 37.8 Å². The second kappa shape index (κ2) is 11.6. The van der Waals surface area contributed by atoms with Gasteiger partial charge in [0.1, 0.15) is 12.1 Å². The zero-order valence-corrected chi connectivity index (χ0v) is 22.2. The third-order valence-corrected chi connectivity index (χ3v) is 7.49. The number of hydrogen-bond donors (Lipinski definition) is 1. The minimum Gasteiger partial charge on any atom is -0.493 e. The normalized spacial score (nSPS) is 19.7. The molecule has 1 saturated carbocycles. The van der Waals surface area contributed by atoms with Crippen molar-refractivity contribution in [1.29, 1.82) is 0 Å². The quantitative estimate of drug-likeness (QED) is 0.454. The summed E-state index contributed by atoms with van der Waals surface area (Å²) >= 11 is 5.94. The highest BCUT2D eigenvalue weighted by Crippen LogP contribution is 2.37. The van der Waals surface area contributed by atoms with Crippen molar-refractivity contribution in [3.8, 4) is 11.5 Å². The first-order valence-corrected chi connectivity index (χ1v) is 13.1. The average Bonchev–Trinajstić information content (AvgIpc) is 2.95. The van der Waals surface area contributed by atoms with E-state index in [4.69, 9.17) is 25.8 Å². The fraction of sp³-hybridized carbons (Fsp3) is 0.444. The lowest BCUT2D eigenvalue weighted by molar-refractivity contribution is 0.0369. The molecule has 0 bridgehead atoms. The number of carbonyl (C=O) groups excluding carboxylic acids is 1. The number of fused-ring (bicyclic) bond motifs is 1. The topological polar surface area (TPSA) is 89.1 Å². The molecular weight excluding hydrogens is 513 g/mol. The van der Waals surface area contributed by atoms with Crippen LogP contribution in [0.1, 0.15) is 25.7 Å². The van der Waals surface area contributed by atoms with Crippen molar-refractivity contribution < 1.29 is 23.4 Å². The molecule has 0 radical (unpaired) electrons. The van der Waals surface area contributed by atoms with E-state index in [1.165, 1.54) is 12.4 Å². The third kappa shape index (κ3) is 5.56. The first kappa shape index (κ1) is 26.2. The predicted octanol–water partition coefficient (Wildman–Crippen LogP) is 5.25. The molecule has 3 aromatic rings. The second-order valence-electron chi connectivity index (χ2n) is 9.51. The fourth-order valence-corrected chi connectivity index (χ4v) is 5.18. The summed E-state index contributed by atoms with van der Waals surface area (Å²) in [7, 11) is 3.46. The van der Waals surface area contributed by atoms with Crippen molar-refractivity contribution in [1.82, 2.24) is 19.8 Å². The van der Waals surface area contributed by atoms with Gasteiger partial charge in [-0.3, -0.25) is 0 Å². The maximum absolute atomic E-state index is 14.5. The van der Waals surface area contributed by atoms with Crippen LogP contribution < -0.4 is 14.8 Å². The number of aromatic nitrogens is 2. The molecule has 9 nitrogen and oxygen atoms in total. The highest BCUT2D eigenvalue weighted by molar-refractivity contribution is 6.31. The smallest absolute Gasteiger partial charge is 0.320 e. The molecule has 2 aliphatic rings. The molecule has 202 valence electrons. The Balaban J connectivity index is 1.30. The molecule has 1 aromatic heterocycles. The van der Waals surface area contributed by atoms with Gasteiger partial charge in [0.05, 0.1) is 42.7 Å². The van der Waals surface area contributed by atoms with Gasteiger partial charge in [0.2, 0.25) is 0 Å². The monoisotopic (exact) mass is 543 g/mol. The van der Waals surface area contributed by atoms with Crippen molar-refractivity contribution in [2.75, 3.05) is 45.8 Å². The van der Waals surface area contributed by atoms with E-state index in [2.05, 4.69) is 15.3 Å². The van der Waals surface area contributed by atoms with E-state index in [9.17, 15) is 9.18 Å². The molecule has 0 unspecified atom stereocenters. The number of nitrogens with zero attached hydrogens (tertiary/aromatic N) is 4. The number of halogens is 2. The number of urea groups is 1. The summed E-state index contributed by atoms with van der Waals surface area (Å²) in [6.45, 7) is 2.44. The fourth-order valence-electron chi connectivity index (χ4n) is 5.01. The number of amides is 2. The molecule has 11 heteroatoms. The largest absolute Gasteiger partial charge is 0.493 e. The molecule has 0 spiro atoms. The van der Waals surface area contributed by atoms with Gasteiger partial charge in [-0.2, -0.15) is 0 Å². The third-order valence-electron chi connectivity index (χ3n) is 7.19. The van der Waals surface area contributed by atoms with Gasteiger partial charge in [0.15, 0.2) is 17.3 Å². The van der Waals surface area contributed by atoms with Gasteiger partial charge in [0.25, 0.3) is 0 Å². The predicted molar refractivity (Wildman–Crippen MR) is 143 cm³/mol. The zero-order chi connectivity index (χ0) is 26.6. The highest BCUT2D eigenvalue weighted by Gasteiger charge is 2.30. The van der Waals surface area contributed by atoms with Gasteiger partial charge in [-0.05, 0) is 43.9 Å². The molecule has 0 atom stereocenters. The van der Waals surface area contributed by atoms with Crippen LogP contribution in [0.25, 0.3) is 10.9 Å². The molecule has 5 rings (SSSR count). The summed E-state index contributed by atoms with van der Waals surface area (Å²) in [6.07, 6.45) is 4.67. The van der Waals surface area contributed by atoms with Crippen LogP contribution in [-0.2, 0) is 4.74 Å². The van der Waals surface area contributed by atoms with Crippen LogP contribution >= 0.6 is 11.6 Å². The van der Waals surface area contributed by atoms with E-state index < -0.39 is 5.82 Å². The Bertz CT molecular complexity index is 1300. The summed E-state index contributed by atoms with van der Waals surface area (Å²) < 4.78 is 31.9. The highest BCUT2D eigenvalue weighted by atomic mass is 35.5.